The van der Waals surface area contributed by atoms with Crippen LogP contribution in [0.4, 0.5) is 13.2 Å². The number of halogens is 4. The maximum Gasteiger partial charge on any atom is 0.426 e. The molecule has 0 radical (unpaired) electrons. The Kier molecular flexibility index (Phi) is 5.00. The molecule has 0 aliphatic heterocycles. The fourth-order valence-electron chi connectivity index (χ4n) is 1.17. The molecule has 0 saturated heterocycles. The van der Waals surface area contributed by atoms with Crippen LogP contribution in [0.2, 0.25) is 5.02 Å². The predicted octanol–water partition coefficient (Wildman–Crippen LogP) is 2.32. The van der Waals surface area contributed by atoms with Crippen LogP contribution in [0.5, 0.6) is 0 Å². The van der Waals surface area contributed by atoms with Crippen molar-refractivity contribution < 1.29 is 35.7 Å². The number of rotatable bonds is 4. The normalized spacial score (nSPS) is 13.8. The van der Waals surface area contributed by atoms with Gasteiger partial charge in [-0.05, 0) is 24.3 Å². The van der Waals surface area contributed by atoms with Gasteiger partial charge in [0.1, 0.15) is 5.75 Å². The molecule has 1 atom stereocenters. The van der Waals surface area contributed by atoms with Crippen LogP contribution in [0.3, 0.4) is 0 Å². The van der Waals surface area contributed by atoms with Crippen LogP contribution in [0.1, 0.15) is 10.4 Å². The third-order valence-corrected chi connectivity index (χ3v) is 3.03. The Balaban J connectivity index is 2.90. The molecule has 112 valence electrons. The van der Waals surface area contributed by atoms with Gasteiger partial charge in [0, 0.05) is 5.02 Å². The molecule has 1 aromatic carbocycles. The maximum atomic E-state index is 12.5. The summed E-state index contributed by atoms with van der Waals surface area (Å²) < 4.78 is 71.1. The van der Waals surface area contributed by atoms with E-state index in [1.165, 1.54) is 12.1 Å². The minimum Gasteiger partial charge on any atom is -0.448 e. The molecular weight excluding hydrogens is 325 g/mol. The van der Waals surface area contributed by atoms with E-state index in [2.05, 4.69) is 4.74 Å². The average molecular weight is 333 g/mol. The van der Waals surface area contributed by atoms with Gasteiger partial charge in [-0.1, -0.05) is 11.6 Å². The van der Waals surface area contributed by atoms with E-state index >= 15 is 0 Å². The van der Waals surface area contributed by atoms with Gasteiger partial charge in [-0.2, -0.15) is 21.6 Å². The topological polar surface area (TPSA) is 80.7 Å². The molecule has 0 heterocycles. The molecule has 1 rings (SSSR count). The quantitative estimate of drug-likeness (QED) is 0.676. The molecular formula is C10H8ClF3O5S. The number of benzene rings is 1. The molecule has 5 nitrogen and oxygen atoms in total. The van der Waals surface area contributed by atoms with Crippen LogP contribution in [-0.4, -0.2) is 37.0 Å². The zero-order chi connectivity index (χ0) is 15.6. The summed E-state index contributed by atoms with van der Waals surface area (Å²) in [4.78, 5) is 11.5. The van der Waals surface area contributed by atoms with E-state index < -0.39 is 34.1 Å². The lowest BCUT2D eigenvalue weighted by molar-refractivity contribution is -0.197. The molecule has 0 aliphatic carbocycles. The highest BCUT2D eigenvalue weighted by Crippen LogP contribution is 2.25. The molecule has 1 aromatic rings. The van der Waals surface area contributed by atoms with Crippen molar-refractivity contribution in [2.45, 2.75) is 12.3 Å². The van der Waals surface area contributed by atoms with Crippen molar-refractivity contribution in [2.24, 2.45) is 0 Å². The van der Waals surface area contributed by atoms with Gasteiger partial charge < -0.3 is 4.74 Å². The van der Waals surface area contributed by atoms with E-state index in [0.717, 1.165) is 12.1 Å². The van der Waals surface area contributed by atoms with Crippen molar-refractivity contribution in [1.29, 1.82) is 0 Å². The van der Waals surface area contributed by atoms with Crippen LogP contribution in [0.15, 0.2) is 24.3 Å². The smallest absolute Gasteiger partial charge is 0.426 e. The summed E-state index contributed by atoms with van der Waals surface area (Å²) in [5, 5.41) is 0.256. The van der Waals surface area contributed by atoms with Gasteiger partial charge in [0.25, 0.3) is 10.1 Å². The number of carbonyl (C=O) groups is 1. The number of hydrogen-bond donors (Lipinski definition) is 1. The van der Waals surface area contributed by atoms with Crippen LogP contribution in [-0.2, 0) is 14.9 Å². The Morgan fingerprint density at radius 2 is 1.80 bits per heavy atom. The molecule has 1 unspecified atom stereocenters. The Morgan fingerprint density at radius 3 is 2.20 bits per heavy atom. The zero-order valence-electron chi connectivity index (χ0n) is 9.59. The summed E-state index contributed by atoms with van der Waals surface area (Å²) in [6.07, 6.45) is -8.08. The van der Waals surface area contributed by atoms with E-state index in [1.54, 1.807) is 0 Å². The molecule has 0 aliphatic rings. The molecule has 20 heavy (non-hydrogen) atoms. The van der Waals surface area contributed by atoms with Gasteiger partial charge in [-0.15, -0.1) is 0 Å². The Morgan fingerprint density at radius 1 is 1.30 bits per heavy atom. The van der Waals surface area contributed by atoms with Crippen molar-refractivity contribution in [1.82, 2.24) is 0 Å². The third kappa shape index (κ3) is 5.35. The van der Waals surface area contributed by atoms with Crippen LogP contribution >= 0.6 is 11.6 Å². The molecule has 0 spiro atoms. The zero-order valence-corrected chi connectivity index (χ0v) is 11.2. The summed E-state index contributed by atoms with van der Waals surface area (Å²) in [6.45, 7) is 0. The maximum absolute atomic E-state index is 12.5. The highest BCUT2D eigenvalue weighted by molar-refractivity contribution is 7.85. The molecule has 0 fully saturated rings. The lowest BCUT2D eigenvalue weighted by Crippen LogP contribution is -2.39. The van der Waals surface area contributed by atoms with E-state index in [4.69, 9.17) is 16.2 Å². The highest BCUT2D eigenvalue weighted by atomic mass is 35.5. The van der Waals surface area contributed by atoms with Gasteiger partial charge in [-0.3, -0.25) is 4.55 Å². The number of carbonyl (C=O) groups excluding carboxylic acids is 1. The molecule has 0 amide bonds. The first kappa shape index (κ1) is 16.7. The second kappa shape index (κ2) is 5.98. The van der Waals surface area contributed by atoms with Crippen LogP contribution < -0.4 is 0 Å². The minimum atomic E-state index is -5.13. The van der Waals surface area contributed by atoms with E-state index in [0.29, 0.717) is 0 Å². The van der Waals surface area contributed by atoms with Crippen molar-refractivity contribution in [2.75, 3.05) is 5.75 Å². The summed E-state index contributed by atoms with van der Waals surface area (Å²) in [5.41, 5.74) is -0.237. The third-order valence-electron chi connectivity index (χ3n) is 2.06. The van der Waals surface area contributed by atoms with Gasteiger partial charge in [0.15, 0.2) is 0 Å². The summed E-state index contributed by atoms with van der Waals surface area (Å²) in [6, 6.07) is 4.74. The van der Waals surface area contributed by atoms with E-state index in [9.17, 15) is 26.4 Å². The monoisotopic (exact) mass is 332 g/mol. The average Bonchev–Trinajstić information content (AvgIpc) is 2.25. The summed E-state index contributed by atoms with van der Waals surface area (Å²) in [7, 11) is -4.96. The first-order chi connectivity index (χ1) is 8.99. The molecule has 10 heteroatoms. The molecule has 0 saturated carbocycles. The van der Waals surface area contributed by atoms with Gasteiger partial charge in [0.05, 0.1) is 5.56 Å². The van der Waals surface area contributed by atoms with Crippen molar-refractivity contribution in [3.05, 3.63) is 34.9 Å². The lowest BCUT2D eigenvalue weighted by Gasteiger charge is -2.19. The van der Waals surface area contributed by atoms with Gasteiger partial charge in [0.2, 0.25) is 6.10 Å². The second-order valence-corrected chi connectivity index (χ2v) is 5.62. The first-order valence-electron chi connectivity index (χ1n) is 4.97. The summed E-state index contributed by atoms with van der Waals surface area (Å²) >= 11 is 5.54. The van der Waals surface area contributed by atoms with E-state index in [1.807, 2.05) is 0 Å². The van der Waals surface area contributed by atoms with Crippen molar-refractivity contribution in [3.63, 3.8) is 0 Å². The lowest BCUT2D eigenvalue weighted by atomic mass is 10.2. The SMILES string of the molecule is O=C(OC(CS(=O)(=O)O)C(F)(F)F)c1ccc(Cl)cc1. The Hall–Kier alpha value is -1.32. The number of hydrogen-bond acceptors (Lipinski definition) is 4. The van der Waals surface area contributed by atoms with Crippen LogP contribution in [0.25, 0.3) is 0 Å². The van der Waals surface area contributed by atoms with Crippen molar-refractivity contribution in [3.8, 4) is 0 Å². The fraction of sp³-hybridized carbons (Fsp3) is 0.300. The largest absolute Gasteiger partial charge is 0.448 e. The fourth-order valence-corrected chi connectivity index (χ4v) is 1.94. The summed E-state index contributed by atoms with van der Waals surface area (Å²) in [5.74, 6) is -3.15. The molecule has 0 aromatic heterocycles. The predicted molar refractivity (Wildman–Crippen MR) is 63.1 cm³/mol. The highest BCUT2D eigenvalue weighted by Gasteiger charge is 2.45. The standard InChI is InChI=1S/C10H8ClF3O5S/c11-7-3-1-6(2-4-7)9(15)19-8(10(12,13)14)5-20(16,17)18/h1-4,8H,5H2,(H,16,17,18). The minimum absolute atomic E-state index is 0.237. The Bertz CT molecular complexity index is 582. The second-order valence-electron chi connectivity index (χ2n) is 3.69. The van der Waals surface area contributed by atoms with Crippen LogP contribution in [0, 0.1) is 0 Å². The Labute approximate surface area is 117 Å². The van der Waals surface area contributed by atoms with E-state index in [-0.39, 0.29) is 10.6 Å². The number of esters is 1. The number of alkyl halides is 3. The first-order valence-corrected chi connectivity index (χ1v) is 6.96. The molecule has 0 bridgehead atoms. The van der Waals surface area contributed by atoms with Gasteiger partial charge >= 0.3 is 12.1 Å². The molecule has 1 N–H and O–H groups in total. The van der Waals surface area contributed by atoms with Gasteiger partial charge in [-0.25, -0.2) is 4.79 Å². The number of ether oxygens (including phenoxy) is 1. The van der Waals surface area contributed by atoms with Crippen molar-refractivity contribution >= 4 is 27.7 Å².